The SMILES string of the molecule is CC1N(Cc2ccccc2)CCC1(O)C(F)(F)Br. The van der Waals surface area contributed by atoms with Gasteiger partial charge in [-0.05, 0) is 34.8 Å². The van der Waals surface area contributed by atoms with E-state index in [2.05, 4.69) is 15.9 Å². The Morgan fingerprint density at radius 3 is 2.56 bits per heavy atom. The van der Waals surface area contributed by atoms with Crippen LogP contribution in [0.2, 0.25) is 0 Å². The maximum absolute atomic E-state index is 13.4. The van der Waals surface area contributed by atoms with Crippen LogP contribution < -0.4 is 0 Å². The summed E-state index contributed by atoms with van der Waals surface area (Å²) in [4.78, 5) is -1.38. The molecule has 1 aliphatic heterocycles. The Morgan fingerprint density at radius 1 is 1.44 bits per heavy atom. The number of rotatable bonds is 3. The quantitative estimate of drug-likeness (QED) is 0.866. The van der Waals surface area contributed by atoms with Crippen molar-refractivity contribution in [2.24, 2.45) is 0 Å². The second kappa shape index (κ2) is 4.87. The summed E-state index contributed by atoms with van der Waals surface area (Å²) in [5.41, 5.74) is -0.937. The summed E-state index contributed by atoms with van der Waals surface area (Å²) in [6.45, 7) is 2.69. The topological polar surface area (TPSA) is 23.5 Å². The number of hydrogen-bond donors (Lipinski definition) is 1. The number of alkyl halides is 3. The normalized spacial score (nSPS) is 29.7. The lowest BCUT2D eigenvalue weighted by Gasteiger charge is -2.34. The summed E-state index contributed by atoms with van der Waals surface area (Å²) >= 11 is 2.30. The van der Waals surface area contributed by atoms with Crippen LogP contribution in [0, 0.1) is 0 Å². The van der Waals surface area contributed by atoms with E-state index in [0.717, 1.165) is 5.56 Å². The molecule has 1 aromatic carbocycles. The van der Waals surface area contributed by atoms with Gasteiger partial charge in [0.1, 0.15) is 0 Å². The summed E-state index contributed by atoms with van der Waals surface area (Å²) in [7, 11) is 0. The molecule has 0 bridgehead atoms. The Bertz CT molecular complexity index is 409. The lowest BCUT2D eigenvalue weighted by Crippen LogP contribution is -2.52. The number of likely N-dealkylation sites (tertiary alicyclic amines) is 1. The van der Waals surface area contributed by atoms with Crippen molar-refractivity contribution in [3.63, 3.8) is 0 Å². The Morgan fingerprint density at radius 2 is 2.06 bits per heavy atom. The third kappa shape index (κ3) is 2.44. The van der Waals surface area contributed by atoms with Crippen LogP contribution >= 0.6 is 15.9 Å². The van der Waals surface area contributed by atoms with Gasteiger partial charge in [-0.25, -0.2) is 0 Å². The molecule has 0 spiro atoms. The standard InChI is InChI=1S/C13H16BrF2NO/c1-10-12(18,13(14,15)16)7-8-17(10)9-11-5-3-2-4-6-11/h2-6,10,18H,7-9H2,1H3. The first-order valence-electron chi connectivity index (χ1n) is 5.92. The van der Waals surface area contributed by atoms with Gasteiger partial charge in [-0.3, -0.25) is 4.90 Å². The van der Waals surface area contributed by atoms with E-state index >= 15 is 0 Å². The fourth-order valence-electron chi connectivity index (χ4n) is 2.43. The van der Waals surface area contributed by atoms with Crippen molar-refractivity contribution >= 4 is 15.9 Å². The summed E-state index contributed by atoms with van der Waals surface area (Å²) in [5.74, 6) is 0. The van der Waals surface area contributed by atoms with Crippen molar-refractivity contribution in [1.82, 2.24) is 4.90 Å². The molecule has 1 aromatic rings. The van der Waals surface area contributed by atoms with E-state index in [1.165, 1.54) is 0 Å². The zero-order valence-electron chi connectivity index (χ0n) is 10.1. The Hall–Kier alpha value is -0.520. The second-order valence-corrected chi connectivity index (χ2v) is 5.80. The van der Waals surface area contributed by atoms with Gasteiger partial charge in [-0.15, -0.1) is 0 Å². The van der Waals surface area contributed by atoms with Crippen molar-refractivity contribution in [3.05, 3.63) is 35.9 Å². The van der Waals surface area contributed by atoms with Gasteiger partial charge in [0.05, 0.1) is 0 Å². The first-order valence-corrected chi connectivity index (χ1v) is 6.71. The number of aliphatic hydroxyl groups is 1. The van der Waals surface area contributed by atoms with E-state index in [0.29, 0.717) is 13.1 Å². The second-order valence-electron chi connectivity index (χ2n) is 4.80. The number of hydrogen-bond acceptors (Lipinski definition) is 2. The molecule has 2 rings (SSSR count). The van der Waals surface area contributed by atoms with Crippen LogP contribution in [-0.2, 0) is 6.54 Å². The Balaban J connectivity index is 2.11. The molecular formula is C13H16BrF2NO. The molecule has 1 heterocycles. The average Bonchev–Trinajstić information content (AvgIpc) is 2.59. The van der Waals surface area contributed by atoms with Gasteiger partial charge in [-0.2, -0.15) is 8.78 Å². The van der Waals surface area contributed by atoms with Crippen LogP contribution in [0.5, 0.6) is 0 Å². The predicted molar refractivity (Wildman–Crippen MR) is 69.8 cm³/mol. The monoisotopic (exact) mass is 319 g/mol. The molecule has 1 N–H and O–H groups in total. The smallest absolute Gasteiger partial charge is 0.330 e. The van der Waals surface area contributed by atoms with Crippen LogP contribution in [0.25, 0.3) is 0 Å². The molecule has 1 fully saturated rings. The van der Waals surface area contributed by atoms with Gasteiger partial charge in [0.15, 0.2) is 5.60 Å². The van der Waals surface area contributed by atoms with Gasteiger partial charge >= 0.3 is 4.83 Å². The molecule has 5 heteroatoms. The molecule has 0 aromatic heterocycles. The van der Waals surface area contributed by atoms with Gasteiger partial charge < -0.3 is 5.11 Å². The predicted octanol–water partition coefficient (Wildman–Crippen LogP) is 3.00. The molecular weight excluding hydrogens is 304 g/mol. The fourth-order valence-corrected chi connectivity index (χ4v) is 2.96. The van der Waals surface area contributed by atoms with Crippen molar-refractivity contribution in [2.45, 2.75) is 36.4 Å². The van der Waals surface area contributed by atoms with Crippen LogP contribution in [0.15, 0.2) is 30.3 Å². The first-order chi connectivity index (χ1) is 8.34. The lowest BCUT2D eigenvalue weighted by molar-refractivity contribution is -0.128. The molecule has 100 valence electrons. The van der Waals surface area contributed by atoms with Crippen molar-refractivity contribution < 1.29 is 13.9 Å². The molecule has 0 amide bonds. The average molecular weight is 320 g/mol. The van der Waals surface area contributed by atoms with E-state index < -0.39 is 16.5 Å². The maximum Gasteiger partial charge on any atom is 0.330 e. The fraction of sp³-hybridized carbons (Fsp3) is 0.538. The summed E-state index contributed by atoms with van der Waals surface area (Å²) in [6.07, 6.45) is 0.0687. The minimum atomic E-state index is -3.26. The van der Waals surface area contributed by atoms with Crippen LogP contribution in [0.3, 0.4) is 0 Å². The molecule has 18 heavy (non-hydrogen) atoms. The summed E-state index contributed by atoms with van der Waals surface area (Å²) < 4.78 is 26.8. The van der Waals surface area contributed by atoms with Crippen molar-refractivity contribution in [1.29, 1.82) is 0 Å². The number of benzene rings is 1. The number of halogens is 3. The molecule has 0 radical (unpaired) electrons. The highest BCUT2D eigenvalue weighted by Gasteiger charge is 2.58. The van der Waals surface area contributed by atoms with E-state index in [4.69, 9.17) is 0 Å². The third-order valence-electron chi connectivity index (χ3n) is 3.74. The number of nitrogens with zero attached hydrogens (tertiary/aromatic N) is 1. The molecule has 2 nitrogen and oxygen atoms in total. The van der Waals surface area contributed by atoms with Crippen LogP contribution in [0.1, 0.15) is 18.9 Å². The van der Waals surface area contributed by atoms with E-state index in [-0.39, 0.29) is 6.42 Å². The van der Waals surface area contributed by atoms with E-state index in [1.807, 2.05) is 35.2 Å². The molecule has 0 aliphatic carbocycles. The van der Waals surface area contributed by atoms with Crippen molar-refractivity contribution in [3.8, 4) is 0 Å². The molecule has 2 unspecified atom stereocenters. The minimum Gasteiger partial charge on any atom is -0.381 e. The van der Waals surface area contributed by atoms with Gasteiger partial charge in [0.2, 0.25) is 0 Å². The summed E-state index contributed by atoms with van der Waals surface area (Å²) in [6, 6.07) is 9.07. The van der Waals surface area contributed by atoms with E-state index in [9.17, 15) is 13.9 Å². The minimum absolute atomic E-state index is 0.0687. The first kappa shape index (κ1) is 13.9. The zero-order chi connectivity index (χ0) is 13.4. The maximum atomic E-state index is 13.4. The van der Waals surface area contributed by atoms with Crippen LogP contribution in [-0.4, -0.2) is 33.0 Å². The molecule has 1 aliphatic rings. The highest BCUT2D eigenvalue weighted by atomic mass is 79.9. The molecule has 1 saturated heterocycles. The highest BCUT2D eigenvalue weighted by molar-refractivity contribution is 9.10. The van der Waals surface area contributed by atoms with Gasteiger partial charge in [-0.1, -0.05) is 30.3 Å². The van der Waals surface area contributed by atoms with Crippen molar-refractivity contribution in [2.75, 3.05) is 6.54 Å². The molecule has 0 saturated carbocycles. The van der Waals surface area contributed by atoms with E-state index in [1.54, 1.807) is 6.92 Å². The Labute approximate surface area is 114 Å². The van der Waals surface area contributed by atoms with Crippen LogP contribution in [0.4, 0.5) is 8.78 Å². The third-order valence-corrected chi connectivity index (χ3v) is 4.42. The zero-order valence-corrected chi connectivity index (χ0v) is 11.7. The Kier molecular flexibility index (Phi) is 3.76. The van der Waals surface area contributed by atoms with Gasteiger partial charge in [0.25, 0.3) is 0 Å². The lowest BCUT2D eigenvalue weighted by atomic mass is 9.96. The largest absolute Gasteiger partial charge is 0.381 e. The highest BCUT2D eigenvalue weighted by Crippen LogP contribution is 2.45. The molecule has 2 atom stereocenters. The van der Waals surface area contributed by atoms with Gasteiger partial charge in [0, 0.05) is 19.1 Å². The summed E-state index contributed by atoms with van der Waals surface area (Å²) in [5, 5.41) is 10.1.